The van der Waals surface area contributed by atoms with Gasteiger partial charge in [-0.25, -0.2) is 0 Å². The van der Waals surface area contributed by atoms with Gasteiger partial charge in [-0.2, -0.15) is 0 Å². The number of hydrogen-bond acceptors (Lipinski definition) is 4. The first kappa shape index (κ1) is 15.9. The van der Waals surface area contributed by atoms with Crippen molar-refractivity contribution in [2.75, 3.05) is 6.61 Å². The lowest BCUT2D eigenvalue weighted by atomic mass is 9.93. The summed E-state index contributed by atoms with van der Waals surface area (Å²) >= 11 is 0. The van der Waals surface area contributed by atoms with E-state index in [1.807, 2.05) is 20.8 Å². The lowest BCUT2D eigenvalue weighted by Crippen LogP contribution is -2.39. The monoisotopic (exact) mass is 244 g/mol. The maximum Gasteiger partial charge on any atom is 0.323 e. The zero-order chi connectivity index (χ0) is 13.6. The van der Waals surface area contributed by atoms with E-state index in [4.69, 9.17) is 9.47 Å². The van der Waals surface area contributed by atoms with Crippen molar-refractivity contribution >= 4 is 11.9 Å². The van der Waals surface area contributed by atoms with Gasteiger partial charge in [0.1, 0.15) is 6.10 Å². The first-order valence-corrected chi connectivity index (χ1v) is 6.15. The molecule has 0 aliphatic carbocycles. The minimum atomic E-state index is -1.24. The summed E-state index contributed by atoms with van der Waals surface area (Å²) in [5.74, 6) is -0.818. The molecular weight excluding hydrogens is 220 g/mol. The van der Waals surface area contributed by atoms with Gasteiger partial charge in [0.15, 0.2) is 5.41 Å². The number of carbonyl (C=O) groups is 2. The Bertz CT molecular complexity index is 269. The predicted molar refractivity (Wildman–Crippen MR) is 65.4 cm³/mol. The average Bonchev–Trinajstić information content (AvgIpc) is 2.25. The molecule has 100 valence electrons. The first-order chi connectivity index (χ1) is 7.77. The molecule has 0 amide bonds. The standard InChI is InChI=1S/C13H24O4/c1-7-10(9(3)4)17-12(15)13(5,6)11(14)16-8-2/h9-10H,7-8H2,1-6H3. The van der Waals surface area contributed by atoms with Crippen molar-refractivity contribution in [3.63, 3.8) is 0 Å². The zero-order valence-electron chi connectivity index (χ0n) is 11.7. The summed E-state index contributed by atoms with van der Waals surface area (Å²) in [5, 5.41) is 0. The van der Waals surface area contributed by atoms with Crippen LogP contribution in [0.3, 0.4) is 0 Å². The van der Waals surface area contributed by atoms with E-state index in [-0.39, 0.29) is 18.6 Å². The van der Waals surface area contributed by atoms with Crippen molar-refractivity contribution in [3.8, 4) is 0 Å². The van der Waals surface area contributed by atoms with Crippen LogP contribution in [0, 0.1) is 11.3 Å². The van der Waals surface area contributed by atoms with Crippen LogP contribution >= 0.6 is 0 Å². The molecule has 0 saturated heterocycles. The molecule has 0 aromatic heterocycles. The molecule has 0 aliphatic rings. The third-order valence-corrected chi connectivity index (χ3v) is 2.70. The Morgan fingerprint density at radius 2 is 1.65 bits per heavy atom. The van der Waals surface area contributed by atoms with E-state index in [0.717, 1.165) is 6.42 Å². The van der Waals surface area contributed by atoms with Crippen molar-refractivity contribution in [2.24, 2.45) is 11.3 Å². The first-order valence-electron chi connectivity index (χ1n) is 6.15. The van der Waals surface area contributed by atoms with Crippen LogP contribution in [0.1, 0.15) is 48.0 Å². The van der Waals surface area contributed by atoms with Gasteiger partial charge in [-0.05, 0) is 33.1 Å². The molecule has 17 heavy (non-hydrogen) atoms. The van der Waals surface area contributed by atoms with Crippen molar-refractivity contribution in [2.45, 2.75) is 54.1 Å². The molecule has 0 saturated carbocycles. The molecule has 0 spiro atoms. The van der Waals surface area contributed by atoms with E-state index in [1.54, 1.807) is 6.92 Å². The maximum absolute atomic E-state index is 11.9. The zero-order valence-corrected chi connectivity index (χ0v) is 11.7. The van der Waals surface area contributed by atoms with Crippen molar-refractivity contribution in [1.29, 1.82) is 0 Å². The highest BCUT2D eigenvalue weighted by atomic mass is 16.6. The quantitative estimate of drug-likeness (QED) is 0.532. The fraction of sp³-hybridized carbons (Fsp3) is 0.846. The average molecular weight is 244 g/mol. The van der Waals surface area contributed by atoms with Gasteiger partial charge in [0.2, 0.25) is 0 Å². The Balaban J connectivity index is 4.63. The Kier molecular flexibility index (Phi) is 6.21. The van der Waals surface area contributed by atoms with Gasteiger partial charge < -0.3 is 9.47 Å². The van der Waals surface area contributed by atoms with Gasteiger partial charge in [0, 0.05) is 0 Å². The maximum atomic E-state index is 11.9. The summed E-state index contributed by atoms with van der Waals surface area (Å²) in [7, 11) is 0. The Hall–Kier alpha value is -1.06. The van der Waals surface area contributed by atoms with E-state index in [2.05, 4.69) is 0 Å². The second-order valence-corrected chi connectivity index (χ2v) is 4.94. The van der Waals surface area contributed by atoms with E-state index in [9.17, 15) is 9.59 Å². The molecule has 0 aromatic carbocycles. The highest BCUT2D eigenvalue weighted by Crippen LogP contribution is 2.22. The molecule has 1 atom stereocenters. The summed E-state index contributed by atoms with van der Waals surface area (Å²) in [6.45, 7) is 11.0. The molecule has 0 aliphatic heterocycles. The second kappa shape index (κ2) is 6.62. The number of ether oxygens (including phenoxy) is 2. The van der Waals surface area contributed by atoms with Gasteiger partial charge >= 0.3 is 11.9 Å². The topological polar surface area (TPSA) is 52.6 Å². The Morgan fingerprint density at radius 3 is 2.00 bits per heavy atom. The SMILES string of the molecule is CCOC(=O)C(C)(C)C(=O)OC(CC)C(C)C. The number of hydrogen-bond donors (Lipinski definition) is 0. The van der Waals surface area contributed by atoms with Crippen LogP contribution in [0.25, 0.3) is 0 Å². The van der Waals surface area contributed by atoms with Gasteiger partial charge in [-0.1, -0.05) is 20.8 Å². The smallest absolute Gasteiger partial charge is 0.323 e. The summed E-state index contributed by atoms with van der Waals surface area (Å²) in [6.07, 6.45) is 0.582. The highest BCUT2D eigenvalue weighted by Gasteiger charge is 2.40. The fourth-order valence-electron chi connectivity index (χ4n) is 1.37. The molecule has 4 nitrogen and oxygen atoms in total. The fourth-order valence-corrected chi connectivity index (χ4v) is 1.37. The van der Waals surface area contributed by atoms with Gasteiger partial charge in [0.05, 0.1) is 6.61 Å². The molecule has 0 rings (SSSR count). The van der Waals surface area contributed by atoms with E-state index in [1.165, 1.54) is 13.8 Å². The van der Waals surface area contributed by atoms with Crippen molar-refractivity contribution < 1.29 is 19.1 Å². The third kappa shape index (κ3) is 4.36. The molecule has 0 heterocycles. The lowest BCUT2D eigenvalue weighted by Gasteiger charge is -2.26. The Morgan fingerprint density at radius 1 is 1.12 bits per heavy atom. The predicted octanol–water partition coefficient (Wildman–Crippen LogP) is 2.55. The van der Waals surface area contributed by atoms with Crippen LogP contribution in [0.15, 0.2) is 0 Å². The van der Waals surface area contributed by atoms with Crippen LogP contribution in [0.2, 0.25) is 0 Å². The molecule has 4 heteroatoms. The van der Waals surface area contributed by atoms with Gasteiger partial charge in [-0.15, -0.1) is 0 Å². The minimum absolute atomic E-state index is 0.156. The van der Waals surface area contributed by atoms with Crippen LogP contribution in [0.4, 0.5) is 0 Å². The summed E-state index contributed by atoms with van der Waals surface area (Å²) < 4.78 is 10.2. The van der Waals surface area contributed by atoms with Crippen LogP contribution in [-0.4, -0.2) is 24.6 Å². The van der Waals surface area contributed by atoms with Crippen LogP contribution < -0.4 is 0 Å². The van der Waals surface area contributed by atoms with Gasteiger partial charge in [-0.3, -0.25) is 9.59 Å². The van der Waals surface area contributed by atoms with E-state index in [0.29, 0.717) is 0 Å². The molecular formula is C13H24O4. The third-order valence-electron chi connectivity index (χ3n) is 2.70. The second-order valence-electron chi connectivity index (χ2n) is 4.94. The summed E-state index contributed by atoms with van der Waals surface area (Å²) in [5.41, 5.74) is -1.24. The number of esters is 2. The highest BCUT2D eigenvalue weighted by molar-refractivity contribution is 5.99. The summed E-state index contributed by atoms with van der Waals surface area (Å²) in [6, 6.07) is 0. The van der Waals surface area contributed by atoms with Crippen molar-refractivity contribution in [1.82, 2.24) is 0 Å². The molecule has 0 bridgehead atoms. The Labute approximate surface area is 104 Å². The molecule has 0 radical (unpaired) electrons. The molecule has 0 aromatic rings. The number of rotatable bonds is 6. The van der Waals surface area contributed by atoms with Gasteiger partial charge in [0.25, 0.3) is 0 Å². The summed E-state index contributed by atoms with van der Waals surface area (Å²) in [4.78, 5) is 23.6. The molecule has 0 N–H and O–H groups in total. The molecule has 0 fully saturated rings. The van der Waals surface area contributed by atoms with Crippen LogP contribution in [-0.2, 0) is 19.1 Å². The normalized spacial score (nSPS) is 13.4. The lowest BCUT2D eigenvalue weighted by molar-refractivity contribution is -0.174. The number of carbonyl (C=O) groups excluding carboxylic acids is 2. The van der Waals surface area contributed by atoms with Crippen LogP contribution in [0.5, 0.6) is 0 Å². The van der Waals surface area contributed by atoms with E-state index < -0.39 is 17.4 Å². The van der Waals surface area contributed by atoms with E-state index >= 15 is 0 Å². The largest absolute Gasteiger partial charge is 0.465 e. The van der Waals surface area contributed by atoms with Crippen molar-refractivity contribution in [3.05, 3.63) is 0 Å². The molecule has 1 unspecified atom stereocenters. The minimum Gasteiger partial charge on any atom is -0.465 e.